The summed E-state index contributed by atoms with van der Waals surface area (Å²) in [6.45, 7) is 1.76. The number of aliphatic carboxylic acids is 1. The number of carbonyl (C=O) groups is 1. The summed E-state index contributed by atoms with van der Waals surface area (Å²) in [5.74, 6) is -1.06. The van der Waals surface area contributed by atoms with E-state index >= 15 is 0 Å². The van der Waals surface area contributed by atoms with Gasteiger partial charge in [0.05, 0.1) is 5.75 Å². The lowest BCUT2D eigenvalue weighted by atomic mass is 9.83. The molecule has 0 aliphatic heterocycles. The number of sulfonamides is 1. The Hall–Kier alpha value is -0.620. The first-order valence-corrected chi connectivity index (χ1v) is 7.32. The van der Waals surface area contributed by atoms with E-state index in [1.54, 1.807) is 6.92 Å². The van der Waals surface area contributed by atoms with Crippen molar-refractivity contribution >= 4 is 16.0 Å². The molecule has 0 heterocycles. The van der Waals surface area contributed by atoms with Crippen molar-refractivity contribution in [1.29, 1.82) is 0 Å². The van der Waals surface area contributed by atoms with Crippen molar-refractivity contribution < 1.29 is 18.3 Å². The summed E-state index contributed by atoms with van der Waals surface area (Å²) in [6.07, 6.45) is 3.79. The van der Waals surface area contributed by atoms with E-state index in [9.17, 15) is 18.3 Å². The minimum absolute atomic E-state index is 0.0119. The van der Waals surface area contributed by atoms with E-state index in [1.165, 1.54) is 0 Å². The van der Waals surface area contributed by atoms with Gasteiger partial charge in [-0.3, -0.25) is 4.79 Å². The van der Waals surface area contributed by atoms with Crippen LogP contribution in [0.1, 0.15) is 45.4 Å². The maximum absolute atomic E-state index is 11.6. The fourth-order valence-corrected chi connectivity index (χ4v) is 3.66. The van der Waals surface area contributed by atoms with Gasteiger partial charge in [-0.15, -0.1) is 0 Å². The third-order valence-corrected chi connectivity index (χ3v) is 4.59. The van der Waals surface area contributed by atoms with Gasteiger partial charge in [0.1, 0.15) is 5.54 Å². The molecule has 1 aliphatic carbocycles. The summed E-state index contributed by atoms with van der Waals surface area (Å²) < 4.78 is 25.6. The van der Waals surface area contributed by atoms with Gasteiger partial charge >= 0.3 is 5.97 Å². The molecule has 6 heteroatoms. The van der Waals surface area contributed by atoms with Gasteiger partial charge in [-0.05, 0) is 19.3 Å². The predicted molar refractivity (Wildman–Crippen MR) is 60.7 cm³/mol. The first-order valence-electron chi connectivity index (χ1n) is 5.67. The van der Waals surface area contributed by atoms with Crippen molar-refractivity contribution in [2.75, 3.05) is 5.75 Å². The van der Waals surface area contributed by atoms with Crippen LogP contribution >= 0.6 is 0 Å². The molecule has 0 atom stereocenters. The molecule has 0 aromatic rings. The van der Waals surface area contributed by atoms with Gasteiger partial charge in [-0.1, -0.05) is 26.2 Å². The lowest BCUT2D eigenvalue weighted by molar-refractivity contribution is -0.145. The Morgan fingerprint density at radius 3 is 2.31 bits per heavy atom. The van der Waals surface area contributed by atoms with Crippen molar-refractivity contribution in [2.45, 2.75) is 51.0 Å². The normalized spacial score (nSPS) is 20.6. The molecular weight excluding hydrogens is 230 g/mol. The van der Waals surface area contributed by atoms with Crippen LogP contribution in [0, 0.1) is 0 Å². The van der Waals surface area contributed by atoms with E-state index in [0.29, 0.717) is 19.3 Å². The highest BCUT2D eigenvalue weighted by atomic mass is 32.2. The van der Waals surface area contributed by atoms with Crippen LogP contribution in [0.4, 0.5) is 0 Å². The van der Waals surface area contributed by atoms with Crippen LogP contribution < -0.4 is 4.72 Å². The zero-order chi connectivity index (χ0) is 12.2. The van der Waals surface area contributed by atoms with Gasteiger partial charge in [0, 0.05) is 0 Å². The molecule has 0 spiro atoms. The van der Waals surface area contributed by atoms with Gasteiger partial charge in [0.25, 0.3) is 0 Å². The van der Waals surface area contributed by atoms with Crippen LogP contribution in [0.15, 0.2) is 0 Å². The minimum atomic E-state index is -3.47. The summed E-state index contributed by atoms with van der Waals surface area (Å²) in [5, 5.41) is 9.19. The van der Waals surface area contributed by atoms with Crippen molar-refractivity contribution in [3.8, 4) is 0 Å². The number of rotatable bonds is 5. The largest absolute Gasteiger partial charge is 0.480 e. The quantitative estimate of drug-likeness (QED) is 0.764. The molecule has 0 radical (unpaired) electrons. The third-order valence-electron chi connectivity index (χ3n) is 2.94. The smallest absolute Gasteiger partial charge is 0.324 e. The summed E-state index contributed by atoms with van der Waals surface area (Å²) in [6, 6.07) is 0. The Kier molecular flexibility index (Phi) is 4.32. The minimum Gasteiger partial charge on any atom is -0.480 e. The second-order valence-electron chi connectivity index (χ2n) is 4.37. The summed E-state index contributed by atoms with van der Waals surface area (Å²) in [4.78, 5) is 11.2. The molecule has 94 valence electrons. The molecule has 1 aliphatic rings. The molecule has 1 fully saturated rings. The van der Waals surface area contributed by atoms with E-state index < -0.39 is 21.5 Å². The van der Waals surface area contributed by atoms with Crippen LogP contribution in [-0.2, 0) is 14.8 Å². The highest BCUT2D eigenvalue weighted by molar-refractivity contribution is 7.89. The Bertz CT molecular complexity index is 344. The molecular formula is C10H19NO4S. The summed E-state index contributed by atoms with van der Waals surface area (Å²) in [7, 11) is -3.47. The molecule has 0 aromatic carbocycles. The van der Waals surface area contributed by atoms with Crippen LogP contribution in [0.2, 0.25) is 0 Å². The van der Waals surface area contributed by atoms with E-state index in [-0.39, 0.29) is 5.75 Å². The maximum atomic E-state index is 11.6. The highest BCUT2D eigenvalue weighted by Crippen LogP contribution is 2.29. The number of carboxylic acid groups (broad SMARTS) is 1. The number of nitrogens with one attached hydrogen (secondary N) is 1. The molecule has 1 saturated carbocycles. The lowest BCUT2D eigenvalue weighted by Crippen LogP contribution is -2.55. The van der Waals surface area contributed by atoms with Crippen LogP contribution in [-0.4, -0.2) is 30.8 Å². The number of hydrogen-bond donors (Lipinski definition) is 2. The molecule has 0 unspecified atom stereocenters. The molecule has 5 nitrogen and oxygen atoms in total. The van der Waals surface area contributed by atoms with Crippen LogP contribution in [0.5, 0.6) is 0 Å². The van der Waals surface area contributed by atoms with E-state index in [4.69, 9.17) is 0 Å². The van der Waals surface area contributed by atoms with Crippen molar-refractivity contribution in [2.24, 2.45) is 0 Å². The van der Waals surface area contributed by atoms with E-state index in [1.807, 2.05) is 0 Å². The average molecular weight is 249 g/mol. The van der Waals surface area contributed by atoms with E-state index in [0.717, 1.165) is 19.3 Å². The fourth-order valence-electron chi connectivity index (χ4n) is 2.13. The van der Waals surface area contributed by atoms with Gasteiger partial charge in [-0.25, -0.2) is 8.42 Å². The standard InChI is InChI=1S/C10H19NO4S/c1-2-8-16(14,15)11-10(9(12)13)6-4-3-5-7-10/h11H,2-8H2,1H3,(H,12,13). The second-order valence-corrected chi connectivity index (χ2v) is 6.21. The zero-order valence-electron chi connectivity index (χ0n) is 9.53. The molecule has 0 amide bonds. The monoisotopic (exact) mass is 249 g/mol. The van der Waals surface area contributed by atoms with Gasteiger partial charge < -0.3 is 5.11 Å². The molecule has 2 N–H and O–H groups in total. The molecule has 1 rings (SSSR count). The molecule has 0 bridgehead atoms. The third kappa shape index (κ3) is 3.18. The van der Waals surface area contributed by atoms with Gasteiger partial charge in [-0.2, -0.15) is 4.72 Å². The number of carboxylic acids is 1. The molecule has 0 aromatic heterocycles. The first-order chi connectivity index (χ1) is 7.42. The summed E-state index contributed by atoms with van der Waals surface area (Å²) >= 11 is 0. The number of hydrogen-bond acceptors (Lipinski definition) is 3. The van der Waals surface area contributed by atoms with Gasteiger partial charge in [0.15, 0.2) is 0 Å². The Balaban J connectivity index is 2.83. The van der Waals surface area contributed by atoms with Crippen molar-refractivity contribution in [3.63, 3.8) is 0 Å². The molecule has 16 heavy (non-hydrogen) atoms. The van der Waals surface area contributed by atoms with E-state index in [2.05, 4.69) is 4.72 Å². The summed E-state index contributed by atoms with van der Waals surface area (Å²) in [5.41, 5.74) is -1.26. The Morgan fingerprint density at radius 2 is 1.88 bits per heavy atom. The average Bonchev–Trinajstić information content (AvgIpc) is 2.17. The van der Waals surface area contributed by atoms with Crippen LogP contribution in [0.25, 0.3) is 0 Å². The zero-order valence-corrected chi connectivity index (χ0v) is 10.3. The Labute approximate surface area is 96.3 Å². The SMILES string of the molecule is CCCS(=O)(=O)NC1(C(=O)O)CCCCC1. The highest BCUT2D eigenvalue weighted by Gasteiger charge is 2.42. The maximum Gasteiger partial charge on any atom is 0.324 e. The first kappa shape index (κ1) is 13.4. The Morgan fingerprint density at radius 1 is 1.31 bits per heavy atom. The lowest BCUT2D eigenvalue weighted by Gasteiger charge is -2.33. The van der Waals surface area contributed by atoms with Crippen molar-refractivity contribution in [1.82, 2.24) is 4.72 Å². The van der Waals surface area contributed by atoms with Gasteiger partial charge in [0.2, 0.25) is 10.0 Å². The fraction of sp³-hybridized carbons (Fsp3) is 0.900. The predicted octanol–water partition coefficient (Wildman–Crippen LogP) is 1.10. The second kappa shape index (κ2) is 5.14. The van der Waals surface area contributed by atoms with Crippen molar-refractivity contribution in [3.05, 3.63) is 0 Å². The topological polar surface area (TPSA) is 83.5 Å². The van der Waals surface area contributed by atoms with Crippen LogP contribution in [0.3, 0.4) is 0 Å². The molecule has 0 saturated heterocycles.